The molecule has 2 rings (SSSR count). The van der Waals surface area contributed by atoms with Crippen molar-refractivity contribution >= 4 is 33.3 Å². The lowest BCUT2D eigenvalue weighted by atomic mass is 10.1. The average molecular weight is 329 g/mol. The van der Waals surface area contributed by atoms with Crippen LogP contribution >= 0.6 is 27.5 Å². The fourth-order valence-corrected chi connectivity index (χ4v) is 2.34. The Balaban J connectivity index is 2.29. The standard InChI is InChI=1S/C13H15BrClN3/c1-8(2)12-11(15)13(16)18(17-12)7-9-3-5-10(14)6-4-9/h3-6,8H,7,16H2,1-2H3. The van der Waals surface area contributed by atoms with Crippen molar-refractivity contribution in [2.45, 2.75) is 26.3 Å². The molecule has 0 spiro atoms. The number of aromatic nitrogens is 2. The van der Waals surface area contributed by atoms with Gasteiger partial charge in [0.1, 0.15) is 10.8 Å². The van der Waals surface area contributed by atoms with Gasteiger partial charge in [0.05, 0.1) is 12.2 Å². The largest absolute Gasteiger partial charge is 0.383 e. The van der Waals surface area contributed by atoms with Crippen molar-refractivity contribution in [3.63, 3.8) is 0 Å². The number of hydrogen-bond donors (Lipinski definition) is 1. The van der Waals surface area contributed by atoms with E-state index in [4.69, 9.17) is 17.3 Å². The highest BCUT2D eigenvalue weighted by Crippen LogP contribution is 2.29. The molecule has 3 nitrogen and oxygen atoms in total. The highest BCUT2D eigenvalue weighted by atomic mass is 79.9. The molecule has 1 heterocycles. The smallest absolute Gasteiger partial charge is 0.141 e. The fourth-order valence-electron chi connectivity index (χ4n) is 1.72. The van der Waals surface area contributed by atoms with Crippen LogP contribution in [0, 0.1) is 0 Å². The van der Waals surface area contributed by atoms with Crippen molar-refractivity contribution in [2.75, 3.05) is 5.73 Å². The van der Waals surface area contributed by atoms with Crippen LogP contribution in [0.2, 0.25) is 5.02 Å². The van der Waals surface area contributed by atoms with Crippen molar-refractivity contribution in [1.82, 2.24) is 9.78 Å². The summed E-state index contributed by atoms with van der Waals surface area (Å²) in [5.41, 5.74) is 7.97. The lowest BCUT2D eigenvalue weighted by Crippen LogP contribution is -2.06. The van der Waals surface area contributed by atoms with Crippen molar-refractivity contribution < 1.29 is 0 Å². The van der Waals surface area contributed by atoms with Crippen LogP contribution in [-0.4, -0.2) is 9.78 Å². The first kappa shape index (κ1) is 13.4. The summed E-state index contributed by atoms with van der Waals surface area (Å²) in [4.78, 5) is 0. The minimum absolute atomic E-state index is 0.269. The Morgan fingerprint density at radius 3 is 2.44 bits per heavy atom. The summed E-state index contributed by atoms with van der Waals surface area (Å²) in [6.07, 6.45) is 0. The maximum atomic E-state index is 6.18. The normalized spacial score (nSPS) is 11.2. The van der Waals surface area contributed by atoms with E-state index in [1.165, 1.54) is 0 Å². The molecule has 96 valence electrons. The summed E-state index contributed by atoms with van der Waals surface area (Å²) < 4.78 is 2.81. The summed E-state index contributed by atoms with van der Waals surface area (Å²) in [5, 5.41) is 5.05. The van der Waals surface area contributed by atoms with Gasteiger partial charge in [-0.15, -0.1) is 0 Å². The van der Waals surface area contributed by atoms with Gasteiger partial charge in [0, 0.05) is 4.47 Å². The van der Waals surface area contributed by atoms with Gasteiger partial charge < -0.3 is 5.73 Å². The molecule has 0 aliphatic rings. The quantitative estimate of drug-likeness (QED) is 0.923. The number of nitrogens with two attached hydrogens (primary N) is 1. The van der Waals surface area contributed by atoms with Gasteiger partial charge in [0.25, 0.3) is 0 Å². The number of benzene rings is 1. The Morgan fingerprint density at radius 1 is 1.33 bits per heavy atom. The van der Waals surface area contributed by atoms with E-state index in [1.807, 2.05) is 24.3 Å². The molecule has 5 heteroatoms. The number of halogens is 2. The highest BCUT2D eigenvalue weighted by molar-refractivity contribution is 9.10. The molecule has 0 fully saturated rings. The first-order chi connectivity index (χ1) is 8.49. The molecule has 1 aromatic heterocycles. The molecule has 0 saturated heterocycles. The minimum atomic E-state index is 0.269. The molecule has 1 aromatic carbocycles. The summed E-state index contributed by atoms with van der Waals surface area (Å²) in [6.45, 7) is 4.74. The molecular formula is C13H15BrClN3. The second-order valence-electron chi connectivity index (χ2n) is 4.52. The Kier molecular flexibility index (Phi) is 3.97. The first-order valence-corrected chi connectivity index (χ1v) is 6.92. The molecule has 2 N–H and O–H groups in total. The van der Waals surface area contributed by atoms with E-state index in [2.05, 4.69) is 34.9 Å². The van der Waals surface area contributed by atoms with Gasteiger partial charge in [-0.25, -0.2) is 4.68 Å². The molecule has 0 amide bonds. The van der Waals surface area contributed by atoms with Crippen molar-refractivity contribution in [3.8, 4) is 0 Å². The molecule has 0 unspecified atom stereocenters. The third-order valence-electron chi connectivity index (χ3n) is 2.75. The van der Waals surface area contributed by atoms with Crippen molar-refractivity contribution in [2.24, 2.45) is 0 Å². The molecule has 0 aliphatic heterocycles. The predicted octanol–water partition coefficient (Wildman–Crippen LogP) is 4.05. The van der Waals surface area contributed by atoms with E-state index >= 15 is 0 Å². The van der Waals surface area contributed by atoms with E-state index in [1.54, 1.807) is 4.68 Å². The van der Waals surface area contributed by atoms with E-state index < -0.39 is 0 Å². The van der Waals surface area contributed by atoms with E-state index in [0.717, 1.165) is 15.7 Å². The van der Waals surface area contributed by atoms with E-state index in [-0.39, 0.29) is 5.92 Å². The van der Waals surface area contributed by atoms with Crippen LogP contribution < -0.4 is 5.73 Å². The maximum absolute atomic E-state index is 6.18. The second kappa shape index (κ2) is 5.33. The van der Waals surface area contributed by atoms with Gasteiger partial charge in [-0.05, 0) is 23.6 Å². The monoisotopic (exact) mass is 327 g/mol. The van der Waals surface area contributed by atoms with Crippen LogP contribution in [0.25, 0.3) is 0 Å². The van der Waals surface area contributed by atoms with Gasteiger partial charge >= 0.3 is 0 Å². The van der Waals surface area contributed by atoms with Gasteiger partial charge in [-0.2, -0.15) is 5.10 Å². The topological polar surface area (TPSA) is 43.8 Å². The summed E-state index contributed by atoms with van der Waals surface area (Å²) >= 11 is 9.60. The Morgan fingerprint density at radius 2 is 1.94 bits per heavy atom. The molecular weight excluding hydrogens is 314 g/mol. The Bertz CT molecular complexity index is 546. The average Bonchev–Trinajstić information content (AvgIpc) is 2.60. The summed E-state index contributed by atoms with van der Waals surface area (Å²) in [6, 6.07) is 8.07. The van der Waals surface area contributed by atoms with Gasteiger partial charge in [-0.1, -0.05) is 53.5 Å². The third kappa shape index (κ3) is 2.70. The molecule has 0 bridgehead atoms. The van der Waals surface area contributed by atoms with Gasteiger partial charge in [0.15, 0.2) is 0 Å². The van der Waals surface area contributed by atoms with Crippen LogP contribution in [0.3, 0.4) is 0 Å². The zero-order valence-corrected chi connectivity index (χ0v) is 12.7. The number of nitrogens with zero attached hydrogens (tertiary/aromatic N) is 2. The molecule has 18 heavy (non-hydrogen) atoms. The lowest BCUT2D eigenvalue weighted by molar-refractivity contribution is 0.664. The first-order valence-electron chi connectivity index (χ1n) is 5.75. The van der Waals surface area contributed by atoms with Crippen LogP contribution in [0.1, 0.15) is 31.0 Å². The number of rotatable bonds is 3. The Hall–Kier alpha value is -1.00. The van der Waals surface area contributed by atoms with Gasteiger partial charge in [0.2, 0.25) is 0 Å². The SMILES string of the molecule is CC(C)c1nn(Cc2ccc(Br)cc2)c(N)c1Cl. The third-order valence-corrected chi connectivity index (χ3v) is 3.66. The summed E-state index contributed by atoms with van der Waals surface area (Å²) in [7, 11) is 0. The lowest BCUT2D eigenvalue weighted by Gasteiger charge is -2.04. The predicted molar refractivity (Wildman–Crippen MR) is 79.0 cm³/mol. The molecule has 0 radical (unpaired) electrons. The fraction of sp³-hybridized carbons (Fsp3) is 0.308. The van der Waals surface area contributed by atoms with Gasteiger partial charge in [-0.3, -0.25) is 0 Å². The van der Waals surface area contributed by atoms with Crippen LogP contribution in [0.4, 0.5) is 5.82 Å². The number of anilines is 1. The van der Waals surface area contributed by atoms with Crippen LogP contribution in [0.5, 0.6) is 0 Å². The maximum Gasteiger partial charge on any atom is 0.141 e. The number of hydrogen-bond acceptors (Lipinski definition) is 2. The van der Waals surface area contributed by atoms with Crippen molar-refractivity contribution in [1.29, 1.82) is 0 Å². The van der Waals surface area contributed by atoms with Crippen LogP contribution in [-0.2, 0) is 6.54 Å². The molecule has 0 aliphatic carbocycles. The van der Waals surface area contributed by atoms with E-state index in [0.29, 0.717) is 17.4 Å². The minimum Gasteiger partial charge on any atom is -0.383 e. The summed E-state index contributed by atoms with van der Waals surface area (Å²) in [5.74, 6) is 0.800. The number of nitrogen functional groups attached to an aromatic ring is 1. The van der Waals surface area contributed by atoms with Crippen LogP contribution in [0.15, 0.2) is 28.7 Å². The second-order valence-corrected chi connectivity index (χ2v) is 5.82. The van der Waals surface area contributed by atoms with E-state index in [9.17, 15) is 0 Å². The van der Waals surface area contributed by atoms with Crippen molar-refractivity contribution in [3.05, 3.63) is 45.0 Å². The molecule has 0 saturated carbocycles. The zero-order valence-electron chi connectivity index (χ0n) is 10.3. The molecule has 0 atom stereocenters. The Labute approximate surface area is 120 Å². The zero-order chi connectivity index (χ0) is 13.3. The molecule has 2 aromatic rings. The highest BCUT2D eigenvalue weighted by Gasteiger charge is 2.16.